The molecule has 1 saturated heterocycles. The third-order valence-corrected chi connectivity index (χ3v) is 3.65. The summed E-state index contributed by atoms with van der Waals surface area (Å²) in [5.74, 6) is -0.00451. The van der Waals surface area contributed by atoms with Crippen LogP contribution in [0.3, 0.4) is 0 Å². The fraction of sp³-hybridized carbons (Fsp3) is 0.556. The number of hydrogen-bond acceptors (Lipinski definition) is 3. The van der Waals surface area contributed by atoms with E-state index in [1.807, 2.05) is 30.9 Å². The van der Waals surface area contributed by atoms with E-state index in [-0.39, 0.29) is 17.9 Å². The number of nitrogens with one attached hydrogen (secondary N) is 1. The second kappa shape index (κ2) is 9.30. The van der Waals surface area contributed by atoms with Crippen LogP contribution < -0.4 is 5.48 Å². The Morgan fingerprint density at radius 3 is 2.65 bits per heavy atom. The van der Waals surface area contributed by atoms with E-state index < -0.39 is 6.10 Å². The lowest BCUT2D eigenvalue weighted by molar-refractivity contribution is -0.148. The van der Waals surface area contributed by atoms with Crippen molar-refractivity contribution >= 4 is 11.8 Å². The number of hydrogen-bond donors (Lipinski definition) is 1. The SMILES string of the molecule is C\C=C/C=C\C(=C/C)C(=O)NOC1CC(C)N(CC(C)C)C1=O. The van der Waals surface area contributed by atoms with Crippen molar-refractivity contribution in [1.29, 1.82) is 0 Å². The van der Waals surface area contributed by atoms with Gasteiger partial charge in [0.2, 0.25) is 0 Å². The zero-order chi connectivity index (χ0) is 17.4. The molecule has 1 rings (SSSR count). The molecule has 1 fully saturated rings. The number of rotatable bonds is 7. The van der Waals surface area contributed by atoms with Crippen molar-refractivity contribution in [2.45, 2.75) is 53.2 Å². The summed E-state index contributed by atoms with van der Waals surface area (Å²) in [7, 11) is 0. The monoisotopic (exact) mass is 320 g/mol. The molecule has 0 radical (unpaired) electrons. The van der Waals surface area contributed by atoms with E-state index in [9.17, 15) is 9.59 Å². The minimum atomic E-state index is -0.606. The van der Waals surface area contributed by atoms with Crippen LogP contribution in [0.2, 0.25) is 0 Å². The van der Waals surface area contributed by atoms with Gasteiger partial charge in [-0.3, -0.25) is 14.4 Å². The lowest BCUT2D eigenvalue weighted by atomic mass is 10.2. The zero-order valence-corrected chi connectivity index (χ0v) is 14.7. The van der Waals surface area contributed by atoms with Crippen molar-refractivity contribution in [1.82, 2.24) is 10.4 Å². The topological polar surface area (TPSA) is 58.6 Å². The summed E-state index contributed by atoms with van der Waals surface area (Å²) in [6.45, 7) is 10.5. The second-order valence-corrected chi connectivity index (χ2v) is 6.14. The Bertz CT molecular complexity index is 506. The highest BCUT2D eigenvalue weighted by Crippen LogP contribution is 2.22. The lowest BCUT2D eigenvalue weighted by Crippen LogP contribution is -2.39. The van der Waals surface area contributed by atoms with E-state index in [0.717, 1.165) is 0 Å². The summed E-state index contributed by atoms with van der Waals surface area (Å²) < 4.78 is 0. The van der Waals surface area contributed by atoms with Crippen LogP contribution in [0.25, 0.3) is 0 Å². The van der Waals surface area contributed by atoms with E-state index >= 15 is 0 Å². The summed E-state index contributed by atoms with van der Waals surface area (Å²) in [5, 5.41) is 0. The van der Waals surface area contributed by atoms with Crippen molar-refractivity contribution < 1.29 is 14.4 Å². The molecule has 0 aliphatic carbocycles. The molecule has 5 nitrogen and oxygen atoms in total. The first-order valence-electron chi connectivity index (χ1n) is 8.12. The molecule has 0 saturated carbocycles. The Balaban J connectivity index is 2.58. The van der Waals surface area contributed by atoms with Crippen molar-refractivity contribution in [3.8, 4) is 0 Å². The first kappa shape index (κ1) is 19.2. The van der Waals surface area contributed by atoms with Crippen LogP contribution in [0, 0.1) is 5.92 Å². The van der Waals surface area contributed by atoms with E-state index in [1.54, 1.807) is 25.2 Å². The van der Waals surface area contributed by atoms with Gasteiger partial charge in [0.05, 0.1) is 0 Å². The Labute approximate surface area is 139 Å². The van der Waals surface area contributed by atoms with Gasteiger partial charge in [-0.05, 0) is 32.8 Å². The molecule has 128 valence electrons. The average Bonchev–Trinajstić information content (AvgIpc) is 2.76. The van der Waals surface area contributed by atoms with E-state index in [4.69, 9.17) is 4.84 Å². The Morgan fingerprint density at radius 1 is 1.39 bits per heavy atom. The Hall–Kier alpha value is -1.88. The highest BCUT2D eigenvalue weighted by atomic mass is 16.7. The maximum Gasteiger partial charge on any atom is 0.274 e. The normalized spacial score (nSPS) is 22.8. The molecule has 1 N–H and O–H groups in total. The largest absolute Gasteiger partial charge is 0.337 e. The highest BCUT2D eigenvalue weighted by molar-refractivity contribution is 5.95. The average molecular weight is 320 g/mol. The van der Waals surface area contributed by atoms with E-state index in [2.05, 4.69) is 19.3 Å². The maximum atomic E-state index is 12.3. The smallest absolute Gasteiger partial charge is 0.274 e. The van der Waals surface area contributed by atoms with E-state index in [1.165, 1.54) is 0 Å². The number of likely N-dealkylation sites (tertiary alicyclic amines) is 1. The standard InChI is InChI=1S/C18H28N2O3/c1-6-8-9-10-15(7-2)17(21)19-23-16-11-14(5)20(18(16)22)12-13(3)4/h6-10,13-14,16H,11-12H2,1-5H3,(H,19,21)/b8-6-,10-9-,15-7+. The second-order valence-electron chi connectivity index (χ2n) is 6.14. The van der Waals surface area contributed by atoms with Crippen molar-refractivity contribution in [2.24, 2.45) is 5.92 Å². The molecule has 23 heavy (non-hydrogen) atoms. The third kappa shape index (κ3) is 5.67. The van der Waals surface area contributed by atoms with Gasteiger partial charge in [-0.1, -0.05) is 38.2 Å². The van der Waals surface area contributed by atoms with Gasteiger partial charge < -0.3 is 4.90 Å². The Kier molecular flexibility index (Phi) is 7.75. The number of amides is 2. The van der Waals surface area contributed by atoms with Crippen LogP contribution in [0.15, 0.2) is 36.0 Å². The number of hydroxylamine groups is 1. The highest BCUT2D eigenvalue weighted by Gasteiger charge is 2.38. The molecule has 1 aliphatic heterocycles. The Morgan fingerprint density at radius 2 is 2.09 bits per heavy atom. The molecule has 1 aliphatic rings. The van der Waals surface area contributed by atoms with Crippen LogP contribution in [-0.4, -0.2) is 35.4 Å². The molecule has 2 atom stereocenters. The number of nitrogens with zero attached hydrogens (tertiary/aromatic N) is 1. The predicted octanol–water partition coefficient (Wildman–Crippen LogP) is 2.76. The van der Waals surface area contributed by atoms with Gasteiger partial charge in [0.15, 0.2) is 6.10 Å². The molecule has 0 spiro atoms. The van der Waals surface area contributed by atoms with Crippen LogP contribution in [0.1, 0.15) is 41.0 Å². The van der Waals surface area contributed by atoms with Crippen molar-refractivity contribution in [3.63, 3.8) is 0 Å². The van der Waals surface area contributed by atoms with Gasteiger partial charge in [-0.2, -0.15) is 0 Å². The van der Waals surface area contributed by atoms with Gasteiger partial charge in [-0.15, -0.1) is 0 Å². The van der Waals surface area contributed by atoms with Crippen LogP contribution in [-0.2, 0) is 14.4 Å². The molecule has 0 aromatic heterocycles. The fourth-order valence-corrected chi connectivity index (χ4v) is 2.46. The van der Waals surface area contributed by atoms with Gasteiger partial charge >= 0.3 is 0 Å². The number of allylic oxidation sites excluding steroid dienone is 4. The zero-order valence-electron chi connectivity index (χ0n) is 14.7. The molecular weight excluding hydrogens is 292 g/mol. The number of carbonyl (C=O) groups excluding carboxylic acids is 2. The minimum Gasteiger partial charge on any atom is -0.337 e. The summed E-state index contributed by atoms with van der Waals surface area (Å²) in [6, 6.07) is 0.127. The molecular formula is C18H28N2O3. The van der Waals surface area contributed by atoms with E-state index in [0.29, 0.717) is 24.5 Å². The first-order chi connectivity index (χ1) is 10.9. The quantitative estimate of drug-likeness (QED) is 0.446. The van der Waals surface area contributed by atoms with Crippen LogP contribution in [0.4, 0.5) is 0 Å². The fourth-order valence-electron chi connectivity index (χ4n) is 2.46. The molecule has 5 heteroatoms. The number of carbonyl (C=O) groups is 2. The summed E-state index contributed by atoms with van der Waals surface area (Å²) in [4.78, 5) is 31.6. The third-order valence-electron chi connectivity index (χ3n) is 3.65. The molecule has 0 bridgehead atoms. The van der Waals surface area contributed by atoms with Gasteiger partial charge in [0.1, 0.15) is 0 Å². The van der Waals surface area contributed by atoms with Crippen molar-refractivity contribution in [2.75, 3.05) is 6.54 Å². The molecule has 2 amide bonds. The molecule has 0 aromatic carbocycles. The van der Waals surface area contributed by atoms with Crippen LogP contribution >= 0.6 is 0 Å². The minimum absolute atomic E-state index is 0.0574. The molecule has 2 unspecified atom stereocenters. The molecule has 0 aromatic rings. The molecule has 1 heterocycles. The first-order valence-corrected chi connectivity index (χ1v) is 8.12. The summed E-state index contributed by atoms with van der Waals surface area (Å²) >= 11 is 0. The summed E-state index contributed by atoms with van der Waals surface area (Å²) in [5.41, 5.74) is 2.88. The summed E-state index contributed by atoms with van der Waals surface area (Å²) in [6.07, 6.45) is 8.87. The maximum absolute atomic E-state index is 12.3. The van der Waals surface area contributed by atoms with Gasteiger partial charge in [-0.25, -0.2) is 5.48 Å². The lowest BCUT2D eigenvalue weighted by Gasteiger charge is -2.23. The van der Waals surface area contributed by atoms with Gasteiger partial charge in [0.25, 0.3) is 11.8 Å². The van der Waals surface area contributed by atoms with Crippen LogP contribution in [0.5, 0.6) is 0 Å². The predicted molar refractivity (Wildman–Crippen MR) is 91.4 cm³/mol. The van der Waals surface area contributed by atoms with Gasteiger partial charge in [0, 0.05) is 24.6 Å². The van der Waals surface area contributed by atoms with Crippen molar-refractivity contribution in [3.05, 3.63) is 36.0 Å².